The summed E-state index contributed by atoms with van der Waals surface area (Å²) in [6, 6.07) is 30.8. The summed E-state index contributed by atoms with van der Waals surface area (Å²) in [5.74, 6) is 0. The van der Waals surface area contributed by atoms with Gasteiger partial charge in [0.15, 0.2) is 0 Å². The van der Waals surface area contributed by atoms with Gasteiger partial charge in [-0.15, -0.1) is 0 Å². The van der Waals surface area contributed by atoms with Crippen molar-refractivity contribution < 1.29 is 0 Å². The Bertz CT molecular complexity index is 2810. The van der Waals surface area contributed by atoms with Gasteiger partial charge in [-0.1, -0.05) is 155 Å². The van der Waals surface area contributed by atoms with Crippen molar-refractivity contribution in [2.24, 2.45) is 0 Å². The van der Waals surface area contributed by atoms with Crippen LogP contribution >= 0.6 is 0 Å². The topological polar surface area (TPSA) is 6.48 Å². The predicted octanol–water partition coefficient (Wildman–Crippen LogP) is 14.5. The van der Waals surface area contributed by atoms with Crippen LogP contribution in [0.2, 0.25) is 0 Å². The summed E-state index contributed by atoms with van der Waals surface area (Å²) in [6.07, 6.45) is 3.44. The lowest BCUT2D eigenvalue weighted by atomic mass is 9.33. The number of anilines is 6. The highest BCUT2D eigenvalue weighted by Crippen LogP contribution is 2.57. The van der Waals surface area contributed by atoms with E-state index in [1.807, 2.05) is 0 Å². The number of nitrogens with zero attached hydrogens (tertiary/aromatic N) is 2. The molecular formula is C60H75BN2. The SMILES string of the molecule is Cc1cc2c(cc1N1c3cc4c(cc3B3c5ccc(C(C)(C)C)cc5N(c5ccc6c(c5)C(C)(C)CC6(C)C)c5cc(C(C)(C)C)cc1c53)C(C)(C)CC4(C)C)C(C)(C)CC2(C)C. The number of hydrogen-bond acceptors (Lipinski definition) is 2. The summed E-state index contributed by atoms with van der Waals surface area (Å²) in [5, 5.41) is 0. The zero-order chi connectivity index (χ0) is 45.7. The fourth-order valence-corrected chi connectivity index (χ4v) is 14.4. The van der Waals surface area contributed by atoms with E-state index in [2.05, 4.69) is 214 Å². The molecule has 0 atom stereocenters. The molecule has 0 saturated carbocycles. The van der Waals surface area contributed by atoms with Crippen LogP contribution in [0.3, 0.4) is 0 Å². The molecule has 5 aliphatic rings. The van der Waals surface area contributed by atoms with Gasteiger partial charge in [-0.25, -0.2) is 0 Å². The molecule has 0 bridgehead atoms. The summed E-state index contributed by atoms with van der Waals surface area (Å²) in [4.78, 5) is 5.45. The average molecular weight is 835 g/mol. The number of aryl methyl sites for hydroxylation is 1. The molecule has 0 radical (unpaired) electrons. The summed E-state index contributed by atoms with van der Waals surface area (Å²) < 4.78 is 0. The molecular weight excluding hydrogens is 759 g/mol. The van der Waals surface area contributed by atoms with E-state index >= 15 is 0 Å². The highest BCUT2D eigenvalue weighted by molar-refractivity contribution is 7.00. The minimum absolute atomic E-state index is 0.00547. The number of fused-ring (bicyclic) bond motifs is 7. The van der Waals surface area contributed by atoms with Gasteiger partial charge in [0.05, 0.1) is 0 Å². The van der Waals surface area contributed by atoms with E-state index in [9.17, 15) is 0 Å². The zero-order valence-electron chi connectivity index (χ0n) is 42.5. The first-order chi connectivity index (χ1) is 28.8. The Morgan fingerprint density at radius 1 is 0.397 bits per heavy atom. The third kappa shape index (κ3) is 6.09. The lowest BCUT2D eigenvalue weighted by molar-refractivity contribution is 0.402. The van der Waals surface area contributed by atoms with Crippen LogP contribution in [0, 0.1) is 6.92 Å². The van der Waals surface area contributed by atoms with Crippen molar-refractivity contribution in [3.05, 3.63) is 123 Å². The second kappa shape index (κ2) is 12.6. The number of hydrogen-bond donors (Lipinski definition) is 0. The van der Waals surface area contributed by atoms with E-state index in [1.54, 1.807) is 0 Å². The van der Waals surface area contributed by atoms with E-state index in [0.717, 1.165) is 19.3 Å². The first-order valence-corrected chi connectivity index (χ1v) is 24.3. The molecule has 0 fully saturated rings. The minimum atomic E-state index is -0.0843. The van der Waals surface area contributed by atoms with Gasteiger partial charge in [-0.3, -0.25) is 0 Å². The van der Waals surface area contributed by atoms with Crippen molar-refractivity contribution >= 4 is 57.2 Å². The lowest BCUT2D eigenvalue weighted by Crippen LogP contribution is -2.61. The molecule has 0 aromatic heterocycles. The van der Waals surface area contributed by atoms with Gasteiger partial charge in [-0.2, -0.15) is 0 Å². The lowest BCUT2D eigenvalue weighted by Gasteiger charge is -2.46. The Morgan fingerprint density at radius 2 is 0.825 bits per heavy atom. The second-order valence-corrected chi connectivity index (χ2v) is 27.0. The Labute approximate surface area is 382 Å². The normalized spacial score (nSPS) is 21.1. The summed E-state index contributed by atoms with van der Waals surface area (Å²) in [6.45, 7) is 46.4. The second-order valence-electron chi connectivity index (χ2n) is 27.0. The summed E-state index contributed by atoms with van der Waals surface area (Å²) >= 11 is 0. The Hall–Kier alpha value is -4.24. The van der Waals surface area contributed by atoms with Crippen molar-refractivity contribution in [1.29, 1.82) is 0 Å². The van der Waals surface area contributed by atoms with Gasteiger partial charge >= 0.3 is 0 Å². The molecule has 3 heteroatoms. The van der Waals surface area contributed by atoms with Crippen LogP contribution in [0.5, 0.6) is 0 Å². The molecule has 328 valence electrons. The minimum Gasteiger partial charge on any atom is -0.311 e. The van der Waals surface area contributed by atoms with E-state index in [0.29, 0.717) is 0 Å². The molecule has 10 rings (SSSR count). The van der Waals surface area contributed by atoms with Crippen LogP contribution in [-0.2, 0) is 43.3 Å². The molecule has 2 nitrogen and oxygen atoms in total. The molecule has 2 aliphatic heterocycles. The fourth-order valence-electron chi connectivity index (χ4n) is 14.4. The summed E-state index contributed by atoms with van der Waals surface area (Å²) in [7, 11) is 0. The van der Waals surface area contributed by atoms with E-state index in [4.69, 9.17) is 0 Å². The quantitative estimate of drug-likeness (QED) is 0.160. The Morgan fingerprint density at radius 3 is 1.37 bits per heavy atom. The van der Waals surface area contributed by atoms with E-state index < -0.39 is 0 Å². The number of benzene rings is 5. The molecule has 0 unspecified atom stereocenters. The van der Waals surface area contributed by atoms with Crippen LogP contribution in [-0.4, -0.2) is 6.71 Å². The van der Waals surface area contributed by atoms with Crippen LogP contribution in [0.25, 0.3) is 0 Å². The molecule has 0 amide bonds. The zero-order valence-corrected chi connectivity index (χ0v) is 42.5. The predicted molar refractivity (Wildman–Crippen MR) is 275 cm³/mol. The molecule has 2 heterocycles. The van der Waals surface area contributed by atoms with Gasteiger partial charge in [0.1, 0.15) is 0 Å². The van der Waals surface area contributed by atoms with Crippen LogP contribution in [0.4, 0.5) is 34.1 Å². The average Bonchev–Trinajstić information content (AvgIpc) is 3.54. The van der Waals surface area contributed by atoms with Crippen LogP contribution < -0.4 is 26.2 Å². The van der Waals surface area contributed by atoms with Crippen LogP contribution in [0.15, 0.2) is 72.8 Å². The van der Waals surface area contributed by atoms with Crippen molar-refractivity contribution in [2.75, 3.05) is 9.80 Å². The highest BCUT2D eigenvalue weighted by Gasteiger charge is 2.50. The maximum absolute atomic E-state index is 2.75. The van der Waals surface area contributed by atoms with E-state index in [-0.39, 0.29) is 50.0 Å². The van der Waals surface area contributed by atoms with Gasteiger partial charge in [-0.05, 0) is 178 Å². The summed E-state index contributed by atoms with van der Waals surface area (Å²) in [5.41, 5.74) is 25.8. The fraction of sp³-hybridized carbons (Fsp3) is 0.500. The first kappa shape index (κ1) is 42.7. The van der Waals surface area contributed by atoms with Gasteiger partial charge in [0, 0.05) is 34.1 Å². The molecule has 5 aromatic rings. The van der Waals surface area contributed by atoms with Gasteiger partial charge < -0.3 is 9.80 Å². The van der Waals surface area contributed by atoms with Crippen LogP contribution in [0.1, 0.15) is 194 Å². The molecule has 3 aliphatic carbocycles. The molecule has 0 saturated heterocycles. The maximum atomic E-state index is 2.75. The van der Waals surface area contributed by atoms with Crippen molar-refractivity contribution in [3.63, 3.8) is 0 Å². The third-order valence-corrected chi connectivity index (χ3v) is 16.8. The maximum Gasteiger partial charge on any atom is 0.252 e. The highest BCUT2D eigenvalue weighted by atomic mass is 15.2. The smallest absolute Gasteiger partial charge is 0.252 e. The molecule has 5 aromatic carbocycles. The third-order valence-electron chi connectivity index (χ3n) is 16.8. The van der Waals surface area contributed by atoms with E-state index in [1.165, 1.54) is 101 Å². The van der Waals surface area contributed by atoms with Gasteiger partial charge in [0.25, 0.3) is 6.71 Å². The first-order valence-electron chi connectivity index (χ1n) is 24.3. The number of rotatable bonds is 2. The van der Waals surface area contributed by atoms with Crippen molar-refractivity contribution in [1.82, 2.24) is 0 Å². The molecule has 0 spiro atoms. The Balaban J connectivity index is 1.36. The van der Waals surface area contributed by atoms with Crippen molar-refractivity contribution in [3.8, 4) is 0 Å². The van der Waals surface area contributed by atoms with Gasteiger partial charge in [0.2, 0.25) is 0 Å². The molecule has 63 heavy (non-hydrogen) atoms. The molecule has 0 N–H and O–H groups in total. The largest absolute Gasteiger partial charge is 0.311 e. The standard InChI is InChI=1S/C60H75BN2/c1-35-24-40-43(59(16,17)33-56(40,10)11)30-47(35)63-49-31-44-42(58(14,15)34-60(44,18)19)29-46(49)61-45-23-20-36(53(2,3)4)25-48(45)62(50-26-37(54(5,6)7)27-51(63)52(50)61)38-21-22-39-41(28-38)57(12,13)32-55(39,8)9/h20-31H,32-34H2,1-19H3. The monoisotopic (exact) mass is 835 g/mol. The van der Waals surface area contributed by atoms with Crippen molar-refractivity contribution in [2.45, 2.75) is 194 Å². The Kier molecular flexibility index (Phi) is 8.51.